The summed E-state index contributed by atoms with van der Waals surface area (Å²) in [5.41, 5.74) is 2.56. The SMILES string of the molecule is COc1ccc(Cc2cc([C@@H]3O[C@H](COc4ccccc4)[C@@H](O)[C@H](O)[C@H]3O)ccc2Cl)cc1. The molecule has 1 saturated heterocycles. The normalized spacial score (nSPS) is 24.9. The molecule has 0 radical (unpaired) electrons. The van der Waals surface area contributed by atoms with Crippen molar-refractivity contribution in [2.45, 2.75) is 36.9 Å². The summed E-state index contributed by atoms with van der Waals surface area (Å²) < 4.78 is 16.9. The Morgan fingerprint density at radius 3 is 2.27 bits per heavy atom. The first-order chi connectivity index (χ1) is 16.0. The monoisotopic (exact) mass is 470 g/mol. The third-order valence-corrected chi connectivity index (χ3v) is 6.19. The van der Waals surface area contributed by atoms with Gasteiger partial charge in [0.05, 0.1) is 7.11 Å². The van der Waals surface area contributed by atoms with Crippen molar-refractivity contribution in [3.05, 3.63) is 94.5 Å². The van der Waals surface area contributed by atoms with Gasteiger partial charge in [-0.1, -0.05) is 54.1 Å². The van der Waals surface area contributed by atoms with E-state index in [1.807, 2.05) is 48.5 Å². The molecule has 3 N–H and O–H groups in total. The summed E-state index contributed by atoms with van der Waals surface area (Å²) in [6.45, 7) is 0.0256. The summed E-state index contributed by atoms with van der Waals surface area (Å²) >= 11 is 6.44. The molecule has 174 valence electrons. The fraction of sp³-hybridized carbons (Fsp3) is 0.308. The van der Waals surface area contributed by atoms with Gasteiger partial charge in [-0.05, 0) is 53.4 Å². The van der Waals surface area contributed by atoms with Gasteiger partial charge in [-0.25, -0.2) is 0 Å². The summed E-state index contributed by atoms with van der Waals surface area (Å²) in [5, 5.41) is 32.2. The Labute approximate surface area is 197 Å². The van der Waals surface area contributed by atoms with E-state index in [1.54, 1.807) is 31.4 Å². The number of aliphatic hydroxyl groups excluding tert-OH is 3. The predicted octanol–water partition coefficient (Wildman–Crippen LogP) is 3.54. The number of para-hydroxylation sites is 1. The molecular weight excluding hydrogens is 444 g/mol. The second-order valence-electron chi connectivity index (χ2n) is 8.07. The lowest BCUT2D eigenvalue weighted by Crippen LogP contribution is -2.55. The van der Waals surface area contributed by atoms with E-state index in [9.17, 15) is 15.3 Å². The molecule has 7 heteroatoms. The Bertz CT molecular complexity index is 1040. The fourth-order valence-corrected chi connectivity index (χ4v) is 4.11. The number of halogens is 1. The molecule has 1 aliphatic heterocycles. The van der Waals surface area contributed by atoms with E-state index in [0.717, 1.165) is 16.9 Å². The minimum atomic E-state index is -1.38. The zero-order valence-electron chi connectivity index (χ0n) is 18.2. The van der Waals surface area contributed by atoms with E-state index in [0.29, 0.717) is 22.8 Å². The number of hydrogen-bond donors (Lipinski definition) is 3. The summed E-state index contributed by atoms with van der Waals surface area (Å²) in [4.78, 5) is 0. The smallest absolute Gasteiger partial charge is 0.121 e. The molecule has 0 saturated carbocycles. The highest BCUT2D eigenvalue weighted by atomic mass is 35.5. The number of benzene rings is 3. The van der Waals surface area contributed by atoms with Crippen LogP contribution in [0.1, 0.15) is 22.8 Å². The van der Waals surface area contributed by atoms with Crippen LogP contribution >= 0.6 is 11.6 Å². The maximum absolute atomic E-state index is 10.6. The number of aliphatic hydroxyl groups is 3. The van der Waals surface area contributed by atoms with Crippen molar-refractivity contribution in [2.75, 3.05) is 13.7 Å². The van der Waals surface area contributed by atoms with Crippen molar-refractivity contribution in [3.63, 3.8) is 0 Å². The van der Waals surface area contributed by atoms with Gasteiger partial charge in [0, 0.05) is 5.02 Å². The van der Waals surface area contributed by atoms with Crippen molar-refractivity contribution < 1.29 is 29.5 Å². The van der Waals surface area contributed by atoms with Gasteiger partial charge in [0.1, 0.15) is 48.6 Å². The average molecular weight is 471 g/mol. The van der Waals surface area contributed by atoms with Gasteiger partial charge in [-0.2, -0.15) is 0 Å². The predicted molar refractivity (Wildman–Crippen MR) is 125 cm³/mol. The summed E-state index contributed by atoms with van der Waals surface area (Å²) in [5.74, 6) is 1.40. The van der Waals surface area contributed by atoms with Gasteiger partial charge in [0.2, 0.25) is 0 Å². The lowest BCUT2D eigenvalue weighted by atomic mass is 9.90. The minimum Gasteiger partial charge on any atom is -0.497 e. The molecule has 3 aromatic rings. The zero-order valence-corrected chi connectivity index (χ0v) is 18.9. The fourth-order valence-electron chi connectivity index (χ4n) is 3.93. The second-order valence-corrected chi connectivity index (χ2v) is 8.47. The van der Waals surface area contributed by atoms with Gasteiger partial charge in [-0.15, -0.1) is 0 Å². The molecular formula is C26H27ClO6. The first kappa shape index (κ1) is 23.5. The molecule has 3 aromatic carbocycles. The molecule has 1 aliphatic rings. The van der Waals surface area contributed by atoms with Crippen LogP contribution in [0, 0.1) is 0 Å². The van der Waals surface area contributed by atoms with Crippen LogP contribution in [0.2, 0.25) is 5.02 Å². The standard InChI is InChI=1S/C26H27ClO6/c1-31-19-10-7-16(8-11-19)13-18-14-17(9-12-21(18)27)26-25(30)24(29)23(28)22(33-26)15-32-20-5-3-2-4-6-20/h2-12,14,22-26,28-30H,13,15H2,1H3/t22-,23-,24+,25-,26+/m1/s1. The van der Waals surface area contributed by atoms with Crippen LogP contribution in [0.3, 0.4) is 0 Å². The average Bonchev–Trinajstić information content (AvgIpc) is 2.85. The van der Waals surface area contributed by atoms with Crippen LogP contribution in [0.4, 0.5) is 0 Å². The van der Waals surface area contributed by atoms with E-state index in [1.165, 1.54) is 0 Å². The molecule has 6 nitrogen and oxygen atoms in total. The molecule has 1 fully saturated rings. The first-order valence-corrected chi connectivity index (χ1v) is 11.1. The van der Waals surface area contributed by atoms with Crippen molar-refractivity contribution >= 4 is 11.6 Å². The highest BCUT2D eigenvalue weighted by Gasteiger charge is 2.44. The van der Waals surface area contributed by atoms with Crippen molar-refractivity contribution in [2.24, 2.45) is 0 Å². The number of methoxy groups -OCH3 is 1. The largest absolute Gasteiger partial charge is 0.497 e. The number of rotatable bonds is 7. The van der Waals surface area contributed by atoms with Gasteiger partial charge in [0.25, 0.3) is 0 Å². The molecule has 0 unspecified atom stereocenters. The lowest BCUT2D eigenvalue weighted by molar-refractivity contribution is -0.230. The minimum absolute atomic E-state index is 0.0256. The van der Waals surface area contributed by atoms with Crippen LogP contribution in [-0.2, 0) is 11.2 Å². The summed E-state index contributed by atoms with van der Waals surface area (Å²) in [6.07, 6.45) is -5.07. The molecule has 0 spiro atoms. The van der Waals surface area contributed by atoms with Gasteiger partial charge < -0.3 is 29.5 Å². The topological polar surface area (TPSA) is 88.4 Å². The third kappa shape index (κ3) is 5.49. The summed E-state index contributed by atoms with van der Waals surface area (Å²) in [6, 6.07) is 22.2. The van der Waals surface area contributed by atoms with E-state index >= 15 is 0 Å². The van der Waals surface area contributed by atoms with Crippen LogP contribution in [0.15, 0.2) is 72.8 Å². The quantitative estimate of drug-likeness (QED) is 0.489. The first-order valence-electron chi connectivity index (χ1n) is 10.7. The molecule has 0 bridgehead atoms. The molecule has 5 atom stereocenters. The molecule has 0 aromatic heterocycles. The number of ether oxygens (including phenoxy) is 3. The number of hydrogen-bond acceptors (Lipinski definition) is 6. The third-order valence-electron chi connectivity index (χ3n) is 5.82. The maximum Gasteiger partial charge on any atom is 0.121 e. The van der Waals surface area contributed by atoms with Crippen LogP contribution < -0.4 is 9.47 Å². The Kier molecular flexibility index (Phi) is 7.53. The van der Waals surface area contributed by atoms with Gasteiger partial charge in [0.15, 0.2) is 0 Å². The van der Waals surface area contributed by atoms with Crippen LogP contribution in [-0.4, -0.2) is 53.5 Å². The van der Waals surface area contributed by atoms with Crippen molar-refractivity contribution in [1.82, 2.24) is 0 Å². The summed E-state index contributed by atoms with van der Waals surface area (Å²) in [7, 11) is 1.62. The highest BCUT2D eigenvalue weighted by Crippen LogP contribution is 2.35. The Morgan fingerprint density at radius 2 is 1.58 bits per heavy atom. The van der Waals surface area contributed by atoms with Crippen molar-refractivity contribution in [3.8, 4) is 11.5 Å². The van der Waals surface area contributed by atoms with E-state index in [4.69, 9.17) is 25.8 Å². The molecule has 0 amide bonds. The maximum atomic E-state index is 10.6. The van der Waals surface area contributed by atoms with Gasteiger partial charge >= 0.3 is 0 Å². The van der Waals surface area contributed by atoms with Crippen LogP contribution in [0.25, 0.3) is 0 Å². The van der Waals surface area contributed by atoms with Gasteiger partial charge in [-0.3, -0.25) is 0 Å². The lowest BCUT2D eigenvalue weighted by Gasteiger charge is -2.40. The Balaban J connectivity index is 1.52. The Morgan fingerprint density at radius 1 is 0.848 bits per heavy atom. The highest BCUT2D eigenvalue weighted by molar-refractivity contribution is 6.31. The van der Waals surface area contributed by atoms with E-state index in [2.05, 4.69) is 0 Å². The molecule has 1 heterocycles. The molecule has 33 heavy (non-hydrogen) atoms. The van der Waals surface area contributed by atoms with E-state index in [-0.39, 0.29) is 6.61 Å². The van der Waals surface area contributed by atoms with E-state index < -0.39 is 30.5 Å². The van der Waals surface area contributed by atoms with Crippen molar-refractivity contribution in [1.29, 1.82) is 0 Å². The molecule has 4 rings (SSSR count). The molecule has 0 aliphatic carbocycles. The second kappa shape index (κ2) is 10.5. The zero-order chi connectivity index (χ0) is 23.4. The van der Waals surface area contributed by atoms with Crippen LogP contribution in [0.5, 0.6) is 11.5 Å². The Hall–Kier alpha value is -2.61.